The third-order valence-electron chi connectivity index (χ3n) is 2.28. The van der Waals surface area contributed by atoms with Crippen LogP contribution in [0.3, 0.4) is 0 Å². The summed E-state index contributed by atoms with van der Waals surface area (Å²) in [6.07, 6.45) is -4.58. The summed E-state index contributed by atoms with van der Waals surface area (Å²) >= 11 is 0. The molecule has 0 aliphatic rings. The van der Waals surface area contributed by atoms with Crippen LogP contribution >= 0.6 is 0 Å². The first-order valence-electron chi connectivity index (χ1n) is 5.66. The fourth-order valence-corrected chi connectivity index (χ4v) is 1.42. The van der Waals surface area contributed by atoms with Gasteiger partial charge >= 0.3 is 6.18 Å². The van der Waals surface area contributed by atoms with E-state index < -0.39 is 44.2 Å². The van der Waals surface area contributed by atoms with Crippen molar-refractivity contribution in [3.63, 3.8) is 0 Å². The summed E-state index contributed by atoms with van der Waals surface area (Å²) in [6.45, 7) is -3.31. The predicted octanol–water partition coefficient (Wildman–Crippen LogP) is 1.59. The van der Waals surface area contributed by atoms with Crippen molar-refractivity contribution in [1.82, 2.24) is 4.90 Å². The van der Waals surface area contributed by atoms with Gasteiger partial charge in [-0.1, -0.05) is 12.1 Å². The molecule has 4 nitrogen and oxygen atoms in total. The molecule has 0 unspecified atom stereocenters. The van der Waals surface area contributed by atoms with Crippen molar-refractivity contribution in [3.8, 4) is 5.75 Å². The molecule has 1 rings (SSSR count). The average Bonchev–Trinajstić information content (AvgIpc) is 2.35. The highest BCUT2D eigenvalue weighted by Gasteiger charge is 2.32. The standard InChI is InChI=1S/C12H13F4NO3/c13-9-3-1-2-4-10(9)20-7-11(19)17(5-6-18)8-12(14,15)16/h1-4,18H,5-8H2. The van der Waals surface area contributed by atoms with Crippen LogP contribution in [0.1, 0.15) is 0 Å². The molecule has 1 amide bonds. The third-order valence-corrected chi connectivity index (χ3v) is 2.28. The second kappa shape index (κ2) is 7.09. The fraction of sp³-hybridized carbons (Fsp3) is 0.417. The van der Waals surface area contributed by atoms with Crippen LogP contribution in [0.2, 0.25) is 0 Å². The zero-order valence-electron chi connectivity index (χ0n) is 10.4. The zero-order chi connectivity index (χ0) is 15.2. The maximum Gasteiger partial charge on any atom is 0.406 e. The number of amides is 1. The number of rotatable bonds is 6. The number of nitrogens with zero attached hydrogens (tertiary/aromatic N) is 1. The topological polar surface area (TPSA) is 49.8 Å². The van der Waals surface area contributed by atoms with Gasteiger partial charge in [-0.3, -0.25) is 4.79 Å². The van der Waals surface area contributed by atoms with Crippen molar-refractivity contribution < 1.29 is 32.2 Å². The smallest absolute Gasteiger partial charge is 0.406 e. The second-order valence-electron chi connectivity index (χ2n) is 3.87. The van der Waals surface area contributed by atoms with E-state index in [-0.39, 0.29) is 5.75 Å². The number of hydrogen-bond donors (Lipinski definition) is 1. The van der Waals surface area contributed by atoms with Crippen LogP contribution < -0.4 is 4.74 Å². The quantitative estimate of drug-likeness (QED) is 0.811. The van der Waals surface area contributed by atoms with E-state index in [9.17, 15) is 22.4 Å². The van der Waals surface area contributed by atoms with Crippen molar-refractivity contribution in [1.29, 1.82) is 0 Å². The van der Waals surface area contributed by atoms with Crippen molar-refractivity contribution in [2.24, 2.45) is 0 Å². The minimum Gasteiger partial charge on any atom is -0.481 e. The van der Waals surface area contributed by atoms with Gasteiger partial charge in [-0.2, -0.15) is 13.2 Å². The number of carbonyl (C=O) groups excluding carboxylic acids is 1. The number of hydrogen-bond acceptors (Lipinski definition) is 3. The number of para-hydroxylation sites is 1. The number of carbonyl (C=O) groups is 1. The van der Waals surface area contributed by atoms with E-state index in [0.717, 1.165) is 6.07 Å². The maximum absolute atomic E-state index is 13.2. The largest absolute Gasteiger partial charge is 0.481 e. The van der Waals surface area contributed by atoms with Gasteiger partial charge in [0.1, 0.15) is 6.54 Å². The fourth-order valence-electron chi connectivity index (χ4n) is 1.42. The van der Waals surface area contributed by atoms with Gasteiger partial charge in [0.15, 0.2) is 18.2 Å². The summed E-state index contributed by atoms with van der Waals surface area (Å²) in [5, 5.41) is 8.65. The van der Waals surface area contributed by atoms with Crippen molar-refractivity contribution in [2.45, 2.75) is 6.18 Å². The highest BCUT2D eigenvalue weighted by Crippen LogP contribution is 2.18. The molecule has 0 atom stereocenters. The third kappa shape index (κ3) is 5.43. The molecule has 0 aromatic heterocycles. The monoisotopic (exact) mass is 295 g/mol. The number of halogens is 4. The molecule has 0 aliphatic heterocycles. The lowest BCUT2D eigenvalue weighted by Gasteiger charge is -2.23. The molecule has 8 heteroatoms. The van der Waals surface area contributed by atoms with Crippen molar-refractivity contribution >= 4 is 5.91 Å². The van der Waals surface area contributed by atoms with E-state index >= 15 is 0 Å². The molecule has 112 valence electrons. The maximum atomic E-state index is 13.2. The Morgan fingerprint density at radius 3 is 2.50 bits per heavy atom. The molecule has 0 bridgehead atoms. The Morgan fingerprint density at radius 2 is 1.95 bits per heavy atom. The van der Waals surface area contributed by atoms with Gasteiger partial charge in [0.2, 0.25) is 0 Å². The lowest BCUT2D eigenvalue weighted by molar-refractivity contribution is -0.163. The lowest BCUT2D eigenvalue weighted by atomic mass is 10.3. The molecular weight excluding hydrogens is 282 g/mol. The van der Waals surface area contributed by atoms with Crippen LogP contribution in [0.4, 0.5) is 17.6 Å². The average molecular weight is 295 g/mol. The van der Waals surface area contributed by atoms with Crippen molar-refractivity contribution in [3.05, 3.63) is 30.1 Å². The van der Waals surface area contributed by atoms with Gasteiger partial charge < -0.3 is 14.7 Å². The van der Waals surface area contributed by atoms with Crippen LogP contribution in [-0.2, 0) is 4.79 Å². The highest BCUT2D eigenvalue weighted by atomic mass is 19.4. The van der Waals surface area contributed by atoms with E-state index in [1.165, 1.54) is 18.2 Å². The van der Waals surface area contributed by atoms with Gasteiger partial charge in [0, 0.05) is 6.54 Å². The summed E-state index contributed by atoms with van der Waals surface area (Å²) in [5.41, 5.74) is 0. The van der Waals surface area contributed by atoms with Crippen LogP contribution in [0, 0.1) is 5.82 Å². The van der Waals surface area contributed by atoms with E-state index in [2.05, 4.69) is 0 Å². The van der Waals surface area contributed by atoms with Crippen molar-refractivity contribution in [2.75, 3.05) is 26.3 Å². The number of ether oxygens (including phenoxy) is 1. The molecular formula is C12H13F4NO3. The Labute approximate surface area is 112 Å². The number of benzene rings is 1. The van der Waals surface area contributed by atoms with Crippen LogP contribution in [0.25, 0.3) is 0 Å². The zero-order valence-corrected chi connectivity index (χ0v) is 10.4. The molecule has 0 spiro atoms. The molecule has 20 heavy (non-hydrogen) atoms. The first-order chi connectivity index (χ1) is 9.33. The Kier molecular flexibility index (Phi) is 5.75. The molecule has 1 aromatic carbocycles. The Hall–Kier alpha value is -1.83. The minimum atomic E-state index is -4.58. The first-order valence-corrected chi connectivity index (χ1v) is 5.66. The van der Waals surface area contributed by atoms with Gasteiger partial charge in [-0.05, 0) is 12.1 Å². The van der Waals surface area contributed by atoms with E-state index in [4.69, 9.17) is 9.84 Å². The van der Waals surface area contributed by atoms with Crippen LogP contribution in [0.5, 0.6) is 5.75 Å². The van der Waals surface area contributed by atoms with Crippen LogP contribution in [-0.4, -0.2) is 48.4 Å². The number of alkyl halides is 3. The number of aliphatic hydroxyl groups excluding tert-OH is 1. The summed E-state index contributed by atoms with van der Waals surface area (Å²) < 4.78 is 54.7. The summed E-state index contributed by atoms with van der Waals surface area (Å²) in [4.78, 5) is 12.0. The van der Waals surface area contributed by atoms with Gasteiger partial charge in [-0.25, -0.2) is 4.39 Å². The summed E-state index contributed by atoms with van der Waals surface area (Å²) in [6, 6.07) is 5.22. The summed E-state index contributed by atoms with van der Waals surface area (Å²) in [7, 11) is 0. The van der Waals surface area contributed by atoms with E-state index in [0.29, 0.717) is 4.90 Å². The molecule has 0 heterocycles. The molecule has 0 saturated heterocycles. The lowest BCUT2D eigenvalue weighted by Crippen LogP contribution is -2.43. The van der Waals surface area contributed by atoms with E-state index in [1.54, 1.807) is 0 Å². The second-order valence-corrected chi connectivity index (χ2v) is 3.87. The van der Waals surface area contributed by atoms with Gasteiger partial charge in [-0.15, -0.1) is 0 Å². The molecule has 0 fully saturated rings. The Morgan fingerprint density at radius 1 is 1.30 bits per heavy atom. The normalized spacial score (nSPS) is 11.2. The Balaban J connectivity index is 2.60. The predicted molar refractivity (Wildman–Crippen MR) is 61.6 cm³/mol. The molecule has 1 aromatic rings. The van der Waals surface area contributed by atoms with Gasteiger partial charge in [0.05, 0.1) is 6.61 Å². The summed E-state index contributed by atoms with van der Waals surface area (Å²) in [5.74, 6) is -1.93. The SMILES string of the molecule is O=C(COc1ccccc1F)N(CCO)CC(F)(F)F. The Bertz CT molecular complexity index is 451. The molecule has 0 saturated carbocycles. The molecule has 0 radical (unpaired) electrons. The van der Waals surface area contributed by atoms with Crippen LogP contribution in [0.15, 0.2) is 24.3 Å². The first kappa shape index (κ1) is 16.2. The highest BCUT2D eigenvalue weighted by molar-refractivity contribution is 5.77. The molecule has 1 N–H and O–H groups in total. The van der Waals surface area contributed by atoms with E-state index in [1.807, 2.05) is 0 Å². The van der Waals surface area contributed by atoms with Gasteiger partial charge in [0.25, 0.3) is 5.91 Å². The number of aliphatic hydroxyl groups is 1. The minimum absolute atomic E-state index is 0.225. The molecule has 0 aliphatic carbocycles.